The van der Waals surface area contributed by atoms with Crippen LogP contribution in [0.4, 0.5) is 0 Å². The number of pyridine rings is 2. The number of hydrogen-bond acceptors (Lipinski definition) is 2. The van der Waals surface area contributed by atoms with Gasteiger partial charge in [-0.25, -0.2) is 0 Å². The van der Waals surface area contributed by atoms with Gasteiger partial charge in [0.05, 0.1) is 11.4 Å². The third kappa shape index (κ3) is 2.20. The zero-order valence-electron chi connectivity index (χ0n) is 18.3. The topological polar surface area (TPSA) is 25.8 Å². The predicted octanol–water partition coefficient (Wildman–Crippen LogP) is 8.45. The zero-order valence-corrected chi connectivity index (χ0v) is 18.3. The average Bonchev–Trinajstić information content (AvgIpc) is 2.91. The second-order valence-corrected chi connectivity index (χ2v) is 8.96. The Bertz CT molecular complexity index is 1840. The molecule has 34 heavy (non-hydrogen) atoms. The van der Waals surface area contributed by atoms with Gasteiger partial charge in [-0.1, -0.05) is 72.8 Å². The fourth-order valence-electron chi connectivity index (χ4n) is 5.97. The molecule has 8 rings (SSSR count). The molecule has 2 aromatic heterocycles. The number of hydrogen-bond donors (Lipinski definition) is 0. The minimum absolute atomic E-state index is 1.01. The summed E-state index contributed by atoms with van der Waals surface area (Å²) < 4.78 is 0. The van der Waals surface area contributed by atoms with E-state index in [0.29, 0.717) is 0 Å². The molecule has 0 N–H and O–H groups in total. The molecule has 0 aliphatic carbocycles. The second-order valence-electron chi connectivity index (χ2n) is 8.96. The summed E-state index contributed by atoms with van der Waals surface area (Å²) in [5.74, 6) is 0. The first-order valence-corrected chi connectivity index (χ1v) is 11.6. The van der Waals surface area contributed by atoms with Crippen LogP contribution >= 0.6 is 0 Å². The molecule has 0 radical (unpaired) electrons. The van der Waals surface area contributed by atoms with Crippen LogP contribution in [0.1, 0.15) is 0 Å². The van der Waals surface area contributed by atoms with E-state index in [4.69, 9.17) is 9.97 Å². The molecule has 0 saturated heterocycles. The molecular formula is C32H18N2. The number of rotatable bonds is 2. The van der Waals surface area contributed by atoms with E-state index in [2.05, 4.69) is 84.9 Å². The molecule has 0 aliphatic heterocycles. The Hall–Kier alpha value is -4.56. The standard InChI is InChI=1S/C32H18N2/c1-3-17-33-25(11-1)29-21-9-5-7-19-14-16-24-30(26-12-2-4-18-34-26)22-10-6-8-20-13-15-23(29)31(28(20)22)32(24)27(19)21/h1-18H. The predicted molar refractivity (Wildman–Crippen MR) is 143 cm³/mol. The van der Waals surface area contributed by atoms with Crippen molar-refractivity contribution in [3.63, 3.8) is 0 Å². The monoisotopic (exact) mass is 430 g/mol. The fourth-order valence-corrected chi connectivity index (χ4v) is 5.97. The van der Waals surface area contributed by atoms with Crippen molar-refractivity contribution < 1.29 is 0 Å². The Kier molecular flexibility index (Phi) is 3.42. The van der Waals surface area contributed by atoms with Crippen LogP contribution in [0.5, 0.6) is 0 Å². The van der Waals surface area contributed by atoms with Crippen molar-refractivity contribution in [2.45, 2.75) is 0 Å². The Morgan fingerprint density at radius 1 is 0.353 bits per heavy atom. The molecule has 0 atom stereocenters. The highest BCUT2D eigenvalue weighted by Crippen LogP contribution is 2.50. The maximum absolute atomic E-state index is 4.79. The summed E-state index contributed by atoms with van der Waals surface area (Å²) in [5, 5.41) is 12.8. The van der Waals surface area contributed by atoms with Gasteiger partial charge < -0.3 is 0 Å². The van der Waals surface area contributed by atoms with E-state index in [9.17, 15) is 0 Å². The van der Waals surface area contributed by atoms with Gasteiger partial charge in [0.25, 0.3) is 0 Å². The van der Waals surface area contributed by atoms with Crippen LogP contribution in [0.3, 0.4) is 0 Å². The van der Waals surface area contributed by atoms with E-state index in [1.165, 1.54) is 65.0 Å². The lowest BCUT2D eigenvalue weighted by Crippen LogP contribution is -1.96. The molecule has 0 unspecified atom stereocenters. The van der Waals surface area contributed by atoms with Crippen LogP contribution < -0.4 is 0 Å². The van der Waals surface area contributed by atoms with Crippen molar-refractivity contribution in [3.8, 4) is 22.5 Å². The van der Waals surface area contributed by atoms with Crippen LogP contribution in [0.15, 0.2) is 109 Å². The largest absolute Gasteiger partial charge is 0.256 e. The van der Waals surface area contributed by atoms with Crippen molar-refractivity contribution in [1.29, 1.82) is 0 Å². The molecule has 0 bridgehead atoms. The van der Waals surface area contributed by atoms with E-state index in [0.717, 1.165) is 11.4 Å². The van der Waals surface area contributed by atoms with Crippen molar-refractivity contribution in [2.75, 3.05) is 0 Å². The molecule has 6 aromatic carbocycles. The molecule has 2 heteroatoms. The highest BCUT2D eigenvalue weighted by Gasteiger charge is 2.23. The molecule has 2 nitrogen and oxygen atoms in total. The average molecular weight is 431 g/mol. The minimum atomic E-state index is 1.01. The summed E-state index contributed by atoms with van der Waals surface area (Å²) in [6.07, 6.45) is 3.78. The summed E-state index contributed by atoms with van der Waals surface area (Å²) in [4.78, 5) is 9.58. The normalized spacial score (nSPS) is 12.1. The Labute approximate surface area is 195 Å². The van der Waals surface area contributed by atoms with Gasteiger partial charge in [0.1, 0.15) is 0 Å². The van der Waals surface area contributed by atoms with Crippen LogP contribution in [0, 0.1) is 0 Å². The highest BCUT2D eigenvalue weighted by atomic mass is 14.7. The summed E-state index contributed by atoms with van der Waals surface area (Å²) >= 11 is 0. The van der Waals surface area contributed by atoms with E-state index in [1.807, 2.05) is 24.5 Å². The highest BCUT2D eigenvalue weighted by molar-refractivity contribution is 6.42. The second kappa shape index (κ2) is 6.49. The SMILES string of the molecule is c1ccc(-c2c3cccc4ccc5c(-c6ccccn6)c6cccc7ccc2c(c76)c5c43)nc1. The molecule has 0 amide bonds. The molecule has 156 valence electrons. The summed E-state index contributed by atoms with van der Waals surface area (Å²) in [7, 11) is 0. The molecule has 2 heterocycles. The molecule has 0 aliphatic rings. The minimum Gasteiger partial charge on any atom is -0.256 e. The van der Waals surface area contributed by atoms with Gasteiger partial charge >= 0.3 is 0 Å². The quantitative estimate of drug-likeness (QED) is 0.203. The van der Waals surface area contributed by atoms with E-state index in [1.54, 1.807) is 0 Å². The van der Waals surface area contributed by atoms with Crippen LogP contribution in [0.25, 0.3) is 76.4 Å². The molecular weight excluding hydrogens is 412 g/mol. The Balaban J connectivity index is 1.75. The number of nitrogens with zero attached hydrogens (tertiary/aromatic N) is 2. The third-order valence-corrected chi connectivity index (χ3v) is 7.26. The first-order chi connectivity index (χ1) is 16.9. The summed E-state index contributed by atoms with van der Waals surface area (Å²) in [6.45, 7) is 0. The van der Waals surface area contributed by atoms with Gasteiger partial charge in [-0.15, -0.1) is 0 Å². The van der Waals surface area contributed by atoms with Crippen LogP contribution in [0.2, 0.25) is 0 Å². The molecule has 8 aromatic rings. The summed E-state index contributed by atoms with van der Waals surface area (Å²) in [5.41, 5.74) is 4.45. The first-order valence-electron chi connectivity index (χ1n) is 11.6. The van der Waals surface area contributed by atoms with E-state index >= 15 is 0 Å². The van der Waals surface area contributed by atoms with Gasteiger partial charge in [0, 0.05) is 23.5 Å². The van der Waals surface area contributed by atoms with Gasteiger partial charge in [0.15, 0.2) is 0 Å². The van der Waals surface area contributed by atoms with Crippen molar-refractivity contribution >= 4 is 53.9 Å². The van der Waals surface area contributed by atoms with Gasteiger partial charge in [-0.2, -0.15) is 0 Å². The van der Waals surface area contributed by atoms with Crippen LogP contribution in [-0.4, -0.2) is 9.97 Å². The van der Waals surface area contributed by atoms with Gasteiger partial charge in [0.2, 0.25) is 0 Å². The molecule has 0 spiro atoms. The first kappa shape index (κ1) is 17.9. The van der Waals surface area contributed by atoms with Crippen LogP contribution in [-0.2, 0) is 0 Å². The van der Waals surface area contributed by atoms with E-state index in [-0.39, 0.29) is 0 Å². The lowest BCUT2D eigenvalue weighted by Gasteiger charge is -2.22. The number of aromatic nitrogens is 2. The Morgan fingerprint density at radius 2 is 0.824 bits per heavy atom. The van der Waals surface area contributed by atoms with Crippen molar-refractivity contribution in [2.24, 2.45) is 0 Å². The van der Waals surface area contributed by atoms with Gasteiger partial charge in [-0.3, -0.25) is 9.97 Å². The smallest absolute Gasteiger partial charge is 0.0714 e. The molecule has 0 fully saturated rings. The zero-order chi connectivity index (χ0) is 22.2. The van der Waals surface area contributed by atoms with E-state index < -0.39 is 0 Å². The lowest BCUT2D eigenvalue weighted by molar-refractivity contribution is 1.34. The van der Waals surface area contributed by atoms with Gasteiger partial charge in [-0.05, 0) is 78.1 Å². The third-order valence-electron chi connectivity index (χ3n) is 7.26. The Morgan fingerprint density at radius 3 is 1.26 bits per heavy atom. The number of benzene rings is 6. The fraction of sp³-hybridized carbons (Fsp3) is 0. The van der Waals surface area contributed by atoms with Crippen molar-refractivity contribution in [3.05, 3.63) is 109 Å². The molecule has 0 saturated carbocycles. The van der Waals surface area contributed by atoms with Crippen molar-refractivity contribution in [1.82, 2.24) is 9.97 Å². The lowest BCUT2D eigenvalue weighted by atomic mass is 9.81. The maximum atomic E-state index is 4.79. The summed E-state index contributed by atoms with van der Waals surface area (Å²) in [6, 6.07) is 34.7. The maximum Gasteiger partial charge on any atom is 0.0714 e.